The SMILES string of the molecule is CCCc1nc2ccc(Br)cc2c(=O)n1N=Cc1c(C)n(Cc2ccccc2F)c2ccccc12. The Morgan fingerprint density at radius 1 is 1.06 bits per heavy atom. The van der Waals surface area contributed by atoms with Gasteiger partial charge in [0.05, 0.1) is 23.7 Å². The first-order valence-electron chi connectivity index (χ1n) is 11.5. The second-order valence-corrected chi connectivity index (χ2v) is 9.41. The highest BCUT2D eigenvalue weighted by Crippen LogP contribution is 2.26. The van der Waals surface area contributed by atoms with Crippen LogP contribution in [0, 0.1) is 12.7 Å². The fraction of sp³-hybridized carbons (Fsp3) is 0.179. The Kier molecular flexibility index (Phi) is 6.34. The van der Waals surface area contributed by atoms with Crippen molar-refractivity contribution in [2.75, 3.05) is 0 Å². The first kappa shape index (κ1) is 23.2. The summed E-state index contributed by atoms with van der Waals surface area (Å²) in [6, 6.07) is 20.3. The molecule has 0 spiro atoms. The van der Waals surface area contributed by atoms with Gasteiger partial charge in [0.1, 0.15) is 11.6 Å². The molecule has 0 radical (unpaired) electrons. The van der Waals surface area contributed by atoms with Gasteiger partial charge < -0.3 is 4.57 Å². The lowest BCUT2D eigenvalue weighted by atomic mass is 10.1. The number of rotatable bonds is 6. The highest BCUT2D eigenvalue weighted by atomic mass is 79.9. The van der Waals surface area contributed by atoms with Crippen LogP contribution in [0.25, 0.3) is 21.8 Å². The summed E-state index contributed by atoms with van der Waals surface area (Å²) in [6.45, 7) is 4.44. The fourth-order valence-electron chi connectivity index (χ4n) is 4.44. The molecule has 5 aromatic rings. The lowest BCUT2D eigenvalue weighted by molar-refractivity contribution is 0.600. The minimum atomic E-state index is -0.232. The van der Waals surface area contributed by atoms with Crippen molar-refractivity contribution in [3.63, 3.8) is 0 Å². The van der Waals surface area contributed by atoms with Crippen molar-refractivity contribution >= 4 is 44.0 Å². The standard InChI is InChI=1S/C28H24BrFN4O/c1-3-8-27-32-25-14-13-20(29)15-22(25)28(35)34(27)31-16-23-18(2)33(26-12-7-5-10-21(23)26)17-19-9-4-6-11-24(19)30/h4-7,9-16H,3,8,17H2,1-2H3. The Labute approximate surface area is 210 Å². The first-order valence-corrected chi connectivity index (χ1v) is 12.3. The summed E-state index contributed by atoms with van der Waals surface area (Å²) in [5.74, 6) is 0.389. The minimum Gasteiger partial charge on any atom is -0.340 e. The van der Waals surface area contributed by atoms with E-state index in [1.807, 2.05) is 56.3 Å². The number of aromatic nitrogens is 3. The summed E-state index contributed by atoms with van der Waals surface area (Å²) in [6.07, 6.45) is 3.19. The monoisotopic (exact) mass is 530 g/mol. The molecule has 2 aromatic heterocycles. The van der Waals surface area contributed by atoms with Crippen molar-refractivity contribution < 1.29 is 4.39 Å². The molecule has 7 heteroatoms. The number of benzene rings is 3. The molecule has 2 heterocycles. The number of hydrogen-bond acceptors (Lipinski definition) is 3. The largest absolute Gasteiger partial charge is 0.340 e. The number of nitrogens with zero attached hydrogens (tertiary/aromatic N) is 4. The highest BCUT2D eigenvalue weighted by molar-refractivity contribution is 9.10. The molecule has 5 nitrogen and oxygen atoms in total. The number of aryl methyl sites for hydroxylation is 1. The third kappa shape index (κ3) is 4.32. The summed E-state index contributed by atoms with van der Waals surface area (Å²) in [5.41, 5.74) is 3.89. The molecule has 0 saturated heterocycles. The molecule has 0 aliphatic heterocycles. The molecule has 3 aromatic carbocycles. The van der Waals surface area contributed by atoms with Gasteiger partial charge in [-0.1, -0.05) is 59.3 Å². The molecule has 0 saturated carbocycles. The number of halogens is 2. The average Bonchev–Trinajstić information content (AvgIpc) is 3.12. The van der Waals surface area contributed by atoms with E-state index in [0.717, 1.165) is 33.1 Å². The van der Waals surface area contributed by atoms with Gasteiger partial charge in [0.15, 0.2) is 0 Å². The normalized spacial score (nSPS) is 11.8. The second-order valence-electron chi connectivity index (χ2n) is 8.49. The smallest absolute Gasteiger partial charge is 0.282 e. The first-order chi connectivity index (χ1) is 17.0. The summed E-state index contributed by atoms with van der Waals surface area (Å²) in [5, 5.41) is 6.14. The fourth-order valence-corrected chi connectivity index (χ4v) is 4.80. The number of hydrogen-bond donors (Lipinski definition) is 0. The maximum absolute atomic E-state index is 14.4. The molecule has 0 aliphatic carbocycles. The van der Waals surface area contributed by atoms with Gasteiger partial charge in [-0.2, -0.15) is 9.78 Å². The maximum atomic E-state index is 14.4. The van der Waals surface area contributed by atoms with Gasteiger partial charge in [-0.15, -0.1) is 0 Å². The van der Waals surface area contributed by atoms with E-state index < -0.39 is 0 Å². The van der Waals surface area contributed by atoms with Crippen molar-refractivity contribution in [3.8, 4) is 0 Å². The van der Waals surface area contributed by atoms with Crippen molar-refractivity contribution in [1.82, 2.24) is 14.2 Å². The summed E-state index contributed by atoms with van der Waals surface area (Å²) >= 11 is 3.44. The zero-order valence-electron chi connectivity index (χ0n) is 19.5. The van der Waals surface area contributed by atoms with Gasteiger partial charge in [-0.3, -0.25) is 4.79 Å². The van der Waals surface area contributed by atoms with Gasteiger partial charge >= 0.3 is 0 Å². The molecule has 0 aliphatic rings. The van der Waals surface area contributed by atoms with E-state index in [1.165, 1.54) is 10.7 Å². The van der Waals surface area contributed by atoms with E-state index in [-0.39, 0.29) is 11.4 Å². The lowest BCUT2D eigenvalue weighted by Gasteiger charge is -2.10. The Hall–Kier alpha value is -3.58. The van der Waals surface area contributed by atoms with E-state index in [4.69, 9.17) is 4.98 Å². The lowest BCUT2D eigenvalue weighted by Crippen LogP contribution is -2.22. The van der Waals surface area contributed by atoms with E-state index in [2.05, 4.69) is 25.6 Å². The van der Waals surface area contributed by atoms with Crippen molar-refractivity contribution in [3.05, 3.63) is 110 Å². The van der Waals surface area contributed by atoms with Crippen LogP contribution in [0.1, 0.15) is 36.0 Å². The van der Waals surface area contributed by atoms with Crippen LogP contribution in [0.4, 0.5) is 4.39 Å². The van der Waals surface area contributed by atoms with Crippen LogP contribution in [0.2, 0.25) is 0 Å². The molecule has 0 atom stereocenters. The zero-order valence-corrected chi connectivity index (χ0v) is 21.1. The number of fused-ring (bicyclic) bond motifs is 2. The summed E-state index contributed by atoms with van der Waals surface area (Å²) in [7, 11) is 0. The summed E-state index contributed by atoms with van der Waals surface area (Å²) in [4.78, 5) is 18.1. The van der Waals surface area contributed by atoms with Gasteiger partial charge in [-0.05, 0) is 43.7 Å². The molecule has 0 fully saturated rings. The average molecular weight is 531 g/mol. The van der Waals surface area contributed by atoms with Gasteiger partial charge in [0, 0.05) is 38.6 Å². The Morgan fingerprint density at radius 2 is 1.83 bits per heavy atom. The molecule has 5 rings (SSSR count). The third-order valence-corrected chi connectivity index (χ3v) is 6.71. The predicted molar refractivity (Wildman–Crippen MR) is 143 cm³/mol. The maximum Gasteiger partial charge on any atom is 0.282 e. The van der Waals surface area contributed by atoms with Crippen LogP contribution in [0.3, 0.4) is 0 Å². The second kappa shape index (κ2) is 9.58. The Balaban J connectivity index is 1.66. The van der Waals surface area contributed by atoms with Crippen LogP contribution < -0.4 is 5.56 Å². The van der Waals surface area contributed by atoms with Crippen LogP contribution in [0.5, 0.6) is 0 Å². The van der Waals surface area contributed by atoms with E-state index in [0.29, 0.717) is 35.3 Å². The molecular formula is C28H24BrFN4O. The van der Waals surface area contributed by atoms with Crippen LogP contribution >= 0.6 is 15.9 Å². The molecular weight excluding hydrogens is 507 g/mol. The van der Waals surface area contributed by atoms with Gasteiger partial charge in [0.2, 0.25) is 0 Å². The van der Waals surface area contributed by atoms with Gasteiger partial charge in [-0.25, -0.2) is 9.37 Å². The van der Waals surface area contributed by atoms with Crippen LogP contribution in [0.15, 0.2) is 81.1 Å². The van der Waals surface area contributed by atoms with E-state index in [9.17, 15) is 9.18 Å². The quantitative estimate of drug-likeness (QED) is 0.237. The molecule has 0 N–H and O–H groups in total. The molecule has 35 heavy (non-hydrogen) atoms. The van der Waals surface area contributed by atoms with Gasteiger partial charge in [0.25, 0.3) is 5.56 Å². The Morgan fingerprint density at radius 3 is 2.63 bits per heavy atom. The van der Waals surface area contributed by atoms with E-state index in [1.54, 1.807) is 24.4 Å². The molecule has 0 amide bonds. The summed E-state index contributed by atoms with van der Waals surface area (Å²) < 4.78 is 18.7. The molecule has 0 unspecified atom stereocenters. The van der Waals surface area contributed by atoms with Crippen molar-refractivity contribution in [2.45, 2.75) is 33.2 Å². The van der Waals surface area contributed by atoms with Crippen LogP contribution in [-0.2, 0) is 13.0 Å². The molecule has 0 bridgehead atoms. The topological polar surface area (TPSA) is 52.2 Å². The predicted octanol–water partition coefficient (Wildman–Crippen LogP) is 6.44. The number of para-hydroxylation sites is 1. The third-order valence-electron chi connectivity index (χ3n) is 6.22. The van der Waals surface area contributed by atoms with E-state index >= 15 is 0 Å². The Bertz CT molecular complexity index is 1650. The van der Waals surface area contributed by atoms with Crippen molar-refractivity contribution in [2.24, 2.45) is 5.10 Å². The molecule has 176 valence electrons. The minimum absolute atomic E-state index is 0.205. The zero-order chi connectivity index (χ0) is 24.5. The highest BCUT2D eigenvalue weighted by Gasteiger charge is 2.15. The van der Waals surface area contributed by atoms with Crippen molar-refractivity contribution in [1.29, 1.82) is 0 Å². The van der Waals surface area contributed by atoms with Crippen LogP contribution in [-0.4, -0.2) is 20.4 Å².